The third-order valence-corrected chi connectivity index (χ3v) is 2.82. The van der Waals surface area contributed by atoms with Gasteiger partial charge in [-0.1, -0.05) is 6.07 Å². The molecule has 3 heteroatoms. The molecule has 0 radical (unpaired) electrons. The van der Waals surface area contributed by atoms with Crippen molar-refractivity contribution in [1.29, 1.82) is 0 Å². The van der Waals surface area contributed by atoms with E-state index in [1.54, 1.807) is 0 Å². The average molecular weight is 206 g/mol. The highest BCUT2D eigenvalue weighted by Crippen LogP contribution is 2.26. The van der Waals surface area contributed by atoms with Crippen LogP contribution in [0.2, 0.25) is 0 Å². The second-order valence-electron chi connectivity index (χ2n) is 3.83. The van der Waals surface area contributed by atoms with E-state index in [-0.39, 0.29) is 0 Å². The van der Waals surface area contributed by atoms with Gasteiger partial charge < -0.3 is 15.0 Å². The molecule has 0 unspecified atom stereocenters. The van der Waals surface area contributed by atoms with E-state index in [1.165, 1.54) is 11.3 Å². The molecule has 1 aliphatic heterocycles. The number of ether oxygens (including phenoxy) is 1. The zero-order valence-corrected chi connectivity index (χ0v) is 9.42. The Morgan fingerprint density at radius 3 is 3.13 bits per heavy atom. The van der Waals surface area contributed by atoms with Crippen molar-refractivity contribution in [3.05, 3.63) is 23.8 Å². The number of rotatable bonds is 2. The highest BCUT2D eigenvalue weighted by molar-refractivity contribution is 5.53. The summed E-state index contributed by atoms with van der Waals surface area (Å²) in [5.74, 6) is 1.03. The average Bonchev–Trinajstić information content (AvgIpc) is 2.51. The summed E-state index contributed by atoms with van der Waals surface area (Å²) in [5, 5.41) is 3.33. The molecule has 0 atom stereocenters. The maximum Gasteiger partial charge on any atom is 0.125 e. The van der Waals surface area contributed by atoms with Gasteiger partial charge >= 0.3 is 0 Å². The Morgan fingerprint density at radius 2 is 2.33 bits per heavy atom. The van der Waals surface area contributed by atoms with Gasteiger partial charge in [-0.15, -0.1) is 0 Å². The van der Waals surface area contributed by atoms with Gasteiger partial charge in [0.2, 0.25) is 0 Å². The van der Waals surface area contributed by atoms with E-state index in [1.807, 2.05) is 0 Å². The third kappa shape index (κ3) is 2.23. The highest BCUT2D eigenvalue weighted by Gasteiger charge is 2.09. The molecule has 0 spiro atoms. The Bertz CT molecular complexity index is 338. The number of hydrogen-bond acceptors (Lipinski definition) is 3. The van der Waals surface area contributed by atoms with Crippen molar-refractivity contribution in [2.75, 3.05) is 31.6 Å². The topological polar surface area (TPSA) is 24.5 Å². The van der Waals surface area contributed by atoms with Gasteiger partial charge in [0.1, 0.15) is 12.4 Å². The molecule has 1 aromatic carbocycles. The SMILES string of the molecule is CCN(C)c1ccc2c(c1)OCCNC2. The lowest BCUT2D eigenvalue weighted by Crippen LogP contribution is -2.16. The Labute approximate surface area is 91.0 Å². The van der Waals surface area contributed by atoms with Gasteiger partial charge in [0.05, 0.1) is 0 Å². The molecule has 1 aromatic rings. The summed E-state index contributed by atoms with van der Waals surface area (Å²) in [6.45, 7) is 5.75. The Kier molecular flexibility index (Phi) is 3.11. The molecule has 1 heterocycles. The molecule has 0 aromatic heterocycles. The molecule has 0 bridgehead atoms. The second-order valence-corrected chi connectivity index (χ2v) is 3.83. The van der Waals surface area contributed by atoms with Crippen LogP contribution in [0.15, 0.2) is 18.2 Å². The number of nitrogens with one attached hydrogen (secondary N) is 1. The molecular formula is C12H18N2O. The summed E-state index contributed by atoms with van der Waals surface area (Å²) in [6, 6.07) is 6.43. The van der Waals surface area contributed by atoms with E-state index >= 15 is 0 Å². The van der Waals surface area contributed by atoms with Gasteiger partial charge in [0.15, 0.2) is 0 Å². The minimum atomic E-state index is 0.756. The smallest absolute Gasteiger partial charge is 0.125 e. The zero-order chi connectivity index (χ0) is 10.7. The van der Waals surface area contributed by atoms with Gasteiger partial charge in [0, 0.05) is 44.0 Å². The van der Waals surface area contributed by atoms with Crippen molar-refractivity contribution in [2.24, 2.45) is 0 Å². The van der Waals surface area contributed by atoms with Crippen molar-refractivity contribution in [2.45, 2.75) is 13.5 Å². The quantitative estimate of drug-likeness (QED) is 0.796. The van der Waals surface area contributed by atoms with E-state index < -0.39 is 0 Å². The first-order valence-corrected chi connectivity index (χ1v) is 5.49. The second kappa shape index (κ2) is 4.53. The fourth-order valence-electron chi connectivity index (χ4n) is 1.70. The molecular weight excluding hydrogens is 188 g/mol. The highest BCUT2D eigenvalue weighted by atomic mass is 16.5. The summed E-state index contributed by atoms with van der Waals surface area (Å²) >= 11 is 0. The van der Waals surface area contributed by atoms with Gasteiger partial charge in [-0.05, 0) is 13.0 Å². The van der Waals surface area contributed by atoms with Crippen LogP contribution in [0.4, 0.5) is 5.69 Å². The fraction of sp³-hybridized carbons (Fsp3) is 0.500. The summed E-state index contributed by atoms with van der Waals surface area (Å²) in [4.78, 5) is 2.21. The van der Waals surface area contributed by atoms with E-state index in [9.17, 15) is 0 Å². The molecule has 3 nitrogen and oxygen atoms in total. The first-order valence-electron chi connectivity index (χ1n) is 5.49. The summed E-state index contributed by atoms with van der Waals surface area (Å²) in [7, 11) is 2.09. The third-order valence-electron chi connectivity index (χ3n) is 2.82. The molecule has 0 fully saturated rings. The maximum absolute atomic E-state index is 5.69. The molecule has 0 saturated heterocycles. The normalized spacial score (nSPS) is 15.1. The Morgan fingerprint density at radius 1 is 1.47 bits per heavy atom. The van der Waals surface area contributed by atoms with Gasteiger partial charge in [-0.3, -0.25) is 0 Å². The molecule has 0 amide bonds. The van der Waals surface area contributed by atoms with Crippen LogP contribution in [-0.2, 0) is 6.54 Å². The number of hydrogen-bond donors (Lipinski definition) is 1. The van der Waals surface area contributed by atoms with Crippen LogP contribution in [-0.4, -0.2) is 26.7 Å². The summed E-state index contributed by atoms with van der Waals surface area (Å²) in [5.41, 5.74) is 2.47. The first kappa shape index (κ1) is 10.3. The number of anilines is 1. The standard InChI is InChI=1S/C12H18N2O/c1-3-14(2)11-5-4-10-9-13-6-7-15-12(10)8-11/h4-5,8,13H,3,6-7,9H2,1-2H3. The summed E-state index contributed by atoms with van der Waals surface area (Å²) < 4.78 is 5.69. The fourth-order valence-corrected chi connectivity index (χ4v) is 1.70. The van der Waals surface area contributed by atoms with Gasteiger partial charge in [-0.25, -0.2) is 0 Å². The van der Waals surface area contributed by atoms with Crippen LogP contribution in [0.5, 0.6) is 5.75 Å². The van der Waals surface area contributed by atoms with E-state index in [2.05, 4.69) is 42.4 Å². The van der Waals surface area contributed by atoms with Crippen LogP contribution in [0.1, 0.15) is 12.5 Å². The maximum atomic E-state index is 5.69. The molecule has 0 aliphatic carbocycles. The minimum Gasteiger partial charge on any atom is -0.492 e. The number of benzene rings is 1. The molecule has 1 N–H and O–H groups in total. The Hall–Kier alpha value is -1.22. The number of fused-ring (bicyclic) bond motifs is 1. The van der Waals surface area contributed by atoms with Crippen LogP contribution in [0.3, 0.4) is 0 Å². The molecule has 1 aliphatic rings. The summed E-state index contributed by atoms with van der Waals surface area (Å²) in [6.07, 6.45) is 0. The van der Waals surface area contributed by atoms with Crippen LogP contribution >= 0.6 is 0 Å². The van der Waals surface area contributed by atoms with Crippen LogP contribution in [0.25, 0.3) is 0 Å². The van der Waals surface area contributed by atoms with E-state index in [0.717, 1.165) is 32.0 Å². The first-order chi connectivity index (χ1) is 7.31. The molecule has 2 rings (SSSR count). The molecule has 0 saturated carbocycles. The predicted molar refractivity (Wildman–Crippen MR) is 62.6 cm³/mol. The van der Waals surface area contributed by atoms with Crippen molar-refractivity contribution in [3.63, 3.8) is 0 Å². The minimum absolute atomic E-state index is 0.756. The van der Waals surface area contributed by atoms with Crippen LogP contribution < -0.4 is 15.0 Å². The van der Waals surface area contributed by atoms with E-state index in [0.29, 0.717) is 0 Å². The van der Waals surface area contributed by atoms with Gasteiger partial charge in [0.25, 0.3) is 0 Å². The Balaban J connectivity index is 2.27. The monoisotopic (exact) mass is 206 g/mol. The number of nitrogens with zero attached hydrogens (tertiary/aromatic N) is 1. The lowest BCUT2D eigenvalue weighted by Gasteiger charge is -2.18. The zero-order valence-electron chi connectivity index (χ0n) is 9.42. The van der Waals surface area contributed by atoms with Gasteiger partial charge in [-0.2, -0.15) is 0 Å². The van der Waals surface area contributed by atoms with Crippen molar-refractivity contribution in [3.8, 4) is 5.75 Å². The largest absolute Gasteiger partial charge is 0.492 e. The van der Waals surface area contributed by atoms with Crippen molar-refractivity contribution in [1.82, 2.24) is 5.32 Å². The molecule has 82 valence electrons. The predicted octanol–water partition coefficient (Wildman–Crippen LogP) is 1.62. The lowest BCUT2D eigenvalue weighted by atomic mass is 10.1. The van der Waals surface area contributed by atoms with Crippen molar-refractivity contribution < 1.29 is 4.74 Å². The lowest BCUT2D eigenvalue weighted by molar-refractivity contribution is 0.326. The van der Waals surface area contributed by atoms with Crippen molar-refractivity contribution >= 4 is 5.69 Å². The van der Waals surface area contributed by atoms with Crippen LogP contribution in [0, 0.1) is 0 Å². The van der Waals surface area contributed by atoms with E-state index in [4.69, 9.17) is 4.74 Å². The molecule has 15 heavy (non-hydrogen) atoms.